The minimum Gasteiger partial charge on any atom is -0.460 e. The average molecular weight is 301 g/mol. The number of aromatic nitrogens is 2. The van der Waals surface area contributed by atoms with Crippen LogP contribution < -0.4 is 0 Å². The van der Waals surface area contributed by atoms with Crippen molar-refractivity contribution in [2.24, 2.45) is 7.05 Å². The molecule has 0 atom stereocenters. The van der Waals surface area contributed by atoms with Gasteiger partial charge in [0.25, 0.3) is 0 Å². The third-order valence-electron chi connectivity index (χ3n) is 3.98. The van der Waals surface area contributed by atoms with Crippen molar-refractivity contribution in [3.05, 3.63) is 30.1 Å². The van der Waals surface area contributed by atoms with E-state index >= 15 is 0 Å². The molecule has 1 aliphatic rings. The summed E-state index contributed by atoms with van der Waals surface area (Å²) in [5, 5.41) is 0. The standard InChI is InChI=1S/C16H19N3O3/c1-18-11-17-13-10-12(5-6-14(13)18)16(21)22-9-8-19-7-3-2-4-15(19)20/h5-6,10-11H,2-4,7-9H2,1H3. The number of piperidine rings is 1. The molecule has 2 aromatic rings. The molecule has 2 heterocycles. The molecule has 1 aliphatic heterocycles. The van der Waals surface area contributed by atoms with Crippen LogP contribution in [0.15, 0.2) is 24.5 Å². The van der Waals surface area contributed by atoms with E-state index in [1.807, 2.05) is 17.7 Å². The number of rotatable bonds is 4. The normalized spacial score (nSPS) is 15.3. The highest BCUT2D eigenvalue weighted by atomic mass is 16.5. The summed E-state index contributed by atoms with van der Waals surface area (Å²) in [7, 11) is 1.91. The van der Waals surface area contributed by atoms with Gasteiger partial charge in [-0.1, -0.05) is 0 Å². The zero-order valence-corrected chi connectivity index (χ0v) is 12.6. The third kappa shape index (κ3) is 2.95. The van der Waals surface area contributed by atoms with Crippen LogP contribution in [0.4, 0.5) is 0 Å². The predicted molar refractivity (Wildman–Crippen MR) is 81.4 cm³/mol. The first-order valence-electron chi connectivity index (χ1n) is 7.51. The Morgan fingerprint density at radius 3 is 3.05 bits per heavy atom. The van der Waals surface area contributed by atoms with Gasteiger partial charge in [-0.2, -0.15) is 0 Å². The second-order valence-electron chi connectivity index (χ2n) is 5.53. The minimum absolute atomic E-state index is 0.150. The smallest absolute Gasteiger partial charge is 0.338 e. The Balaban J connectivity index is 1.57. The number of fused-ring (bicyclic) bond motifs is 1. The van der Waals surface area contributed by atoms with Gasteiger partial charge >= 0.3 is 5.97 Å². The van der Waals surface area contributed by atoms with Crippen LogP contribution in [-0.4, -0.2) is 46.0 Å². The molecule has 0 spiro atoms. The maximum Gasteiger partial charge on any atom is 0.338 e. The number of aryl methyl sites for hydroxylation is 1. The Morgan fingerprint density at radius 2 is 2.23 bits per heavy atom. The zero-order chi connectivity index (χ0) is 15.5. The van der Waals surface area contributed by atoms with Crippen LogP contribution >= 0.6 is 0 Å². The number of ether oxygens (including phenoxy) is 1. The van der Waals surface area contributed by atoms with Gasteiger partial charge in [-0.25, -0.2) is 9.78 Å². The highest BCUT2D eigenvalue weighted by molar-refractivity contribution is 5.93. The second-order valence-corrected chi connectivity index (χ2v) is 5.53. The van der Waals surface area contributed by atoms with Crippen molar-refractivity contribution in [3.8, 4) is 0 Å². The molecule has 0 unspecified atom stereocenters. The molecule has 0 saturated carbocycles. The van der Waals surface area contributed by atoms with E-state index in [-0.39, 0.29) is 18.5 Å². The fraction of sp³-hybridized carbons (Fsp3) is 0.438. The molecular formula is C16H19N3O3. The lowest BCUT2D eigenvalue weighted by molar-refractivity contribution is -0.133. The van der Waals surface area contributed by atoms with Crippen LogP contribution in [0, 0.1) is 0 Å². The van der Waals surface area contributed by atoms with Gasteiger partial charge < -0.3 is 14.2 Å². The fourth-order valence-corrected chi connectivity index (χ4v) is 2.69. The molecule has 6 heteroatoms. The van der Waals surface area contributed by atoms with E-state index in [4.69, 9.17) is 4.74 Å². The third-order valence-corrected chi connectivity index (χ3v) is 3.98. The van der Waals surface area contributed by atoms with Crippen molar-refractivity contribution in [3.63, 3.8) is 0 Å². The summed E-state index contributed by atoms with van der Waals surface area (Å²) in [4.78, 5) is 29.7. The molecule has 3 rings (SSSR count). The number of carbonyl (C=O) groups excluding carboxylic acids is 2. The summed E-state index contributed by atoms with van der Waals surface area (Å²) in [6, 6.07) is 5.31. The number of hydrogen-bond donors (Lipinski definition) is 0. The highest BCUT2D eigenvalue weighted by Gasteiger charge is 2.18. The Labute approximate surface area is 128 Å². The first-order valence-corrected chi connectivity index (χ1v) is 7.51. The number of carbonyl (C=O) groups is 2. The fourth-order valence-electron chi connectivity index (χ4n) is 2.69. The molecule has 0 aliphatic carbocycles. The number of imidazole rings is 1. The summed E-state index contributed by atoms with van der Waals surface area (Å²) in [6.07, 6.45) is 4.29. The van der Waals surface area contributed by atoms with Gasteiger partial charge in [0.15, 0.2) is 0 Å². The Kier molecular flexibility index (Phi) is 4.09. The number of nitrogens with zero attached hydrogens (tertiary/aromatic N) is 3. The van der Waals surface area contributed by atoms with E-state index in [0.717, 1.165) is 30.4 Å². The van der Waals surface area contributed by atoms with Crippen molar-refractivity contribution in [2.75, 3.05) is 19.7 Å². The van der Waals surface area contributed by atoms with Gasteiger partial charge in [0.2, 0.25) is 5.91 Å². The van der Waals surface area contributed by atoms with Crippen molar-refractivity contribution in [1.82, 2.24) is 14.5 Å². The topological polar surface area (TPSA) is 64.4 Å². The number of likely N-dealkylation sites (tertiary alicyclic amines) is 1. The Bertz CT molecular complexity index is 708. The zero-order valence-electron chi connectivity index (χ0n) is 12.6. The predicted octanol–water partition coefficient (Wildman–Crippen LogP) is 1.74. The summed E-state index contributed by atoms with van der Waals surface area (Å²) in [5.41, 5.74) is 2.22. The molecule has 1 aromatic heterocycles. The monoisotopic (exact) mass is 301 g/mol. The number of benzene rings is 1. The van der Waals surface area contributed by atoms with Crippen LogP contribution in [0.3, 0.4) is 0 Å². The van der Waals surface area contributed by atoms with Crippen molar-refractivity contribution >= 4 is 22.9 Å². The molecule has 0 N–H and O–H groups in total. The van der Waals surface area contributed by atoms with Crippen LogP contribution in [0.5, 0.6) is 0 Å². The molecule has 1 fully saturated rings. The van der Waals surface area contributed by atoms with Gasteiger partial charge in [-0.05, 0) is 31.0 Å². The lowest BCUT2D eigenvalue weighted by Crippen LogP contribution is -2.37. The first kappa shape index (κ1) is 14.6. The van der Waals surface area contributed by atoms with Gasteiger partial charge in [-0.15, -0.1) is 0 Å². The van der Waals surface area contributed by atoms with E-state index in [2.05, 4.69) is 4.98 Å². The maximum absolute atomic E-state index is 12.1. The Morgan fingerprint density at radius 1 is 1.36 bits per heavy atom. The largest absolute Gasteiger partial charge is 0.460 e. The first-order chi connectivity index (χ1) is 10.6. The summed E-state index contributed by atoms with van der Waals surface area (Å²) >= 11 is 0. The van der Waals surface area contributed by atoms with Crippen LogP contribution in [0.25, 0.3) is 11.0 Å². The molecule has 0 bridgehead atoms. The van der Waals surface area contributed by atoms with E-state index in [1.165, 1.54) is 0 Å². The SMILES string of the molecule is Cn1cnc2cc(C(=O)OCCN3CCCCC3=O)ccc21. The summed E-state index contributed by atoms with van der Waals surface area (Å²) in [6.45, 7) is 1.46. The summed E-state index contributed by atoms with van der Waals surface area (Å²) < 4.78 is 7.16. The second kappa shape index (κ2) is 6.17. The van der Waals surface area contributed by atoms with E-state index < -0.39 is 0 Å². The van der Waals surface area contributed by atoms with E-state index in [1.54, 1.807) is 23.4 Å². The molecule has 1 aromatic carbocycles. The van der Waals surface area contributed by atoms with Crippen LogP contribution in [0.1, 0.15) is 29.6 Å². The number of amides is 1. The van der Waals surface area contributed by atoms with Crippen molar-refractivity contribution < 1.29 is 14.3 Å². The molecule has 1 saturated heterocycles. The van der Waals surface area contributed by atoms with Crippen LogP contribution in [0.2, 0.25) is 0 Å². The minimum atomic E-state index is -0.378. The van der Waals surface area contributed by atoms with E-state index in [9.17, 15) is 9.59 Å². The quantitative estimate of drug-likeness (QED) is 0.807. The van der Waals surface area contributed by atoms with Gasteiger partial charge in [0, 0.05) is 20.0 Å². The van der Waals surface area contributed by atoms with Gasteiger partial charge in [-0.3, -0.25) is 4.79 Å². The van der Waals surface area contributed by atoms with Gasteiger partial charge in [0.05, 0.1) is 29.5 Å². The lowest BCUT2D eigenvalue weighted by atomic mass is 10.1. The molecule has 1 amide bonds. The molecule has 22 heavy (non-hydrogen) atoms. The number of esters is 1. The van der Waals surface area contributed by atoms with E-state index in [0.29, 0.717) is 18.5 Å². The maximum atomic E-state index is 12.1. The Hall–Kier alpha value is -2.37. The number of hydrogen-bond acceptors (Lipinski definition) is 4. The molecular weight excluding hydrogens is 282 g/mol. The molecule has 6 nitrogen and oxygen atoms in total. The van der Waals surface area contributed by atoms with Crippen molar-refractivity contribution in [2.45, 2.75) is 19.3 Å². The molecule has 0 radical (unpaired) electrons. The average Bonchev–Trinajstić information content (AvgIpc) is 2.90. The van der Waals surface area contributed by atoms with Gasteiger partial charge in [0.1, 0.15) is 6.61 Å². The lowest BCUT2D eigenvalue weighted by Gasteiger charge is -2.26. The van der Waals surface area contributed by atoms with Crippen LogP contribution in [-0.2, 0) is 16.6 Å². The highest BCUT2D eigenvalue weighted by Crippen LogP contribution is 2.15. The van der Waals surface area contributed by atoms with Crippen molar-refractivity contribution in [1.29, 1.82) is 0 Å². The summed E-state index contributed by atoms with van der Waals surface area (Å²) in [5.74, 6) is -0.228. The molecule has 116 valence electrons.